The van der Waals surface area contributed by atoms with Crippen molar-refractivity contribution >= 4 is 5.97 Å². The summed E-state index contributed by atoms with van der Waals surface area (Å²) in [6, 6.07) is 27.8. The Hall–Kier alpha value is -3.07. The van der Waals surface area contributed by atoms with Crippen molar-refractivity contribution in [2.75, 3.05) is 6.61 Å². The number of rotatable bonds is 9. The maximum Gasteiger partial charge on any atom is 0.303 e. The van der Waals surface area contributed by atoms with E-state index in [0.29, 0.717) is 5.56 Å². The summed E-state index contributed by atoms with van der Waals surface area (Å²) in [4.78, 5) is 12.0. The quantitative estimate of drug-likeness (QED) is 0.395. The van der Waals surface area contributed by atoms with Crippen LogP contribution in [0, 0.1) is 0 Å². The second-order valence-electron chi connectivity index (χ2n) is 9.22. The molecule has 0 radical (unpaired) electrons. The Bertz CT molecular complexity index is 1110. The Morgan fingerprint density at radius 1 is 0.806 bits per heavy atom. The van der Waals surface area contributed by atoms with E-state index in [4.69, 9.17) is 14.2 Å². The van der Waals surface area contributed by atoms with Gasteiger partial charge in [0, 0.05) is 19.8 Å². The van der Waals surface area contributed by atoms with Crippen LogP contribution in [0.15, 0.2) is 91.0 Å². The van der Waals surface area contributed by atoms with Gasteiger partial charge in [-0.3, -0.25) is 4.79 Å². The molecule has 36 heavy (non-hydrogen) atoms. The summed E-state index contributed by atoms with van der Waals surface area (Å²) in [6.07, 6.45) is -4.46. The highest BCUT2D eigenvalue weighted by Gasteiger charge is 2.66. The molecule has 0 aliphatic carbocycles. The number of carbonyl (C=O) groups excluding carboxylic acids is 1. The van der Waals surface area contributed by atoms with Crippen LogP contribution in [-0.2, 0) is 38.5 Å². The van der Waals surface area contributed by atoms with Crippen molar-refractivity contribution in [3.05, 3.63) is 108 Å². The Balaban J connectivity index is 1.72. The Labute approximate surface area is 210 Å². The van der Waals surface area contributed by atoms with E-state index in [2.05, 4.69) is 0 Å². The summed E-state index contributed by atoms with van der Waals surface area (Å²) in [5.41, 5.74) is -1.73. The molecule has 5 atom stereocenters. The third-order valence-corrected chi connectivity index (χ3v) is 6.62. The van der Waals surface area contributed by atoms with Gasteiger partial charge in [-0.25, -0.2) is 0 Å². The number of hydrogen-bond acceptors (Lipinski definition) is 7. The number of hydrogen-bond donors (Lipinski definition) is 3. The summed E-state index contributed by atoms with van der Waals surface area (Å²) >= 11 is 0. The fraction of sp³-hybridized carbons (Fsp3) is 0.345. The maximum atomic E-state index is 12.3. The number of benzene rings is 3. The van der Waals surface area contributed by atoms with Crippen molar-refractivity contribution in [2.45, 2.75) is 56.1 Å². The minimum absolute atomic E-state index is 0.0268. The molecule has 1 aliphatic heterocycles. The minimum atomic E-state index is -2.10. The first-order valence-corrected chi connectivity index (χ1v) is 12.0. The molecule has 4 rings (SSSR count). The van der Waals surface area contributed by atoms with Crippen molar-refractivity contribution in [1.82, 2.24) is 0 Å². The van der Waals surface area contributed by atoms with Crippen LogP contribution in [-0.4, -0.2) is 57.6 Å². The van der Waals surface area contributed by atoms with Crippen LogP contribution in [0.5, 0.6) is 0 Å². The fourth-order valence-corrected chi connectivity index (χ4v) is 4.82. The summed E-state index contributed by atoms with van der Waals surface area (Å²) in [6.45, 7) is 1.32. The highest BCUT2D eigenvalue weighted by atomic mass is 16.7. The van der Waals surface area contributed by atoms with E-state index < -0.39 is 35.7 Å². The fourth-order valence-electron chi connectivity index (χ4n) is 4.82. The largest absolute Gasteiger partial charge is 0.454 e. The maximum absolute atomic E-state index is 12.3. The SMILES string of the molecule is CC(=O)O[C@H]1[C@H](O)O[C@H](COCc2ccccc2)[C@@](O)(Cc2ccccc2)[C@@]1(O)Cc1ccccc1. The highest BCUT2D eigenvalue weighted by Crippen LogP contribution is 2.43. The van der Waals surface area contributed by atoms with E-state index in [1.807, 2.05) is 78.9 Å². The van der Waals surface area contributed by atoms with Crippen LogP contribution in [0.3, 0.4) is 0 Å². The third kappa shape index (κ3) is 5.67. The van der Waals surface area contributed by atoms with Crippen molar-refractivity contribution in [3.8, 4) is 0 Å². The topological polar surface area (TPSA) is 105 Å². The first kappa shape index (κ1) is 26.0. The van der Waals surface area contributed by atoms with E-state index in [0.717, 1.165) is 11.1 Å². The van der Waals surface area contributed by atoms with Gasteiger partial charge in [0.2, 0.25) is 0 Å². The molecule has 0 saturated carbocycles. The Morgan fingerprint density at radius 2 is 1.28 bits per heavy atom. The molecule has 0 bridgehead atoms. The smallest absolute Gasteiger partial charge is 0.303 e. The number of aliphatic hydroxyl groups excluding tert-OH is 1. The zero-order valence-corrected chi connectivity index (χ0v) is 20.2. The minimum Gasteiger partial charge on any atom is -0.454 e. The van der Waals surface area contributed by atoms with Crippen molar-refractivity contribution in [2.24, 2.45) is 0 Å². The van der Waals surface area contributed by atoms with Gasteiger partial charge >= 0.3 is 5.97 Å². The van der Waals surface area contributed by atoms with Crippen molar-refractivity contribution < 1.29 is 34.3 Å². The van der Waals surface area contributed by atoms with Gasteiger partial charge in [0.25, 0.3) is 0 Å². The highest BCUT2D eigenvalue weighted by molar-refractivity contribution is 5.66. The van der Waals surface area contributed by atoms with E-state index in [1.54, 1.807) is 12.1 Å². The zero-order valence-electron chi connectivity index (χ0n) is 20.2. The molecule has 3 aromatic carbocycles. The molecule has 3 N–H and O–H groups in total. The van der Waals surface area contributed by atoms with Gasteiger partial charge in [-0.1, -0.05) is 91.0 Å². The lowest BCUT2D eigenvalue weighted by Gasteiger charge is -2.55. The average Bonchev–Trinajstić information content (AvgIpc) is 2.87. The lowest BCUT2D eigenvalue weighted by Crippen LogP contribution is -2.76. The van der Waals surface area contributed by atoms with E-state index in [9.17, 15) is 20.1 Å². The normalized spacial score (nSPS) is 27.9. The van der Waals surface area contributed by atoms with Gasteiger partial charge in [0.15, 0.2) is 12.4 Å². The van der Waals surface area contributed by atoms with Crippen LogP contribution in [0.1, 0.15) is 23.6 Å². The molecule has 0 unspecified atom stereocenters. The molecule has 190 valence electrons. The first-order chi connectivity index (χ1) is 17.3. The van der Waals surface area contributed by atoms with Gasteiger partial charge in [0.05, 0.1) is 13.2 Å². The standard InChI is InChI=1S/C29H32O7/c1-21(30)35-26-27(31)36-25(20-34-19-24-15-9-4-10-16-24)28(32,17-22-11-5-2-6-12-22)29(26,33)18-23-13-7-3-8-14-23/h2-16,25-27,31-33H,17-20H2,1H3/t25-,26+,27-,28+,29-/m1/s1. The van der Waals surface area contributed by atoms with Crippen LogP contribution in [0.25, 0.3) is 0 Å². The summed E-state index contributed by atoms with van der Waals surface area (Å²) in [5, 5.41) is 35.4. The van der Waals surface area contributed by atoms with E-state index >= 15 is 0 Å². The van der Waals surface area contributed by atoms with E-state index in [-0.39, 0.29) is 26.1 Å². The molecular formula is C29H32O7. The van der Waals surface area contributed by atoms with Gasteiger partial charge < -0.3 is 29.5 Å². The lowest BCUT2D eigenvalue weighted by atomic mass is 9.67. The van der Waals surface area contributed by atoms with Gasteiger partial charge in [0.1, 0.15) is 17.3 Å². The molecule has 0 aromatic heterocycles. The molecule has 0 spiro atoms. The molecule has 3 aromatic rings. The summed E-state index contributed by atoms with van der Waals surface area (Å²) < 4.78 is 17.1. The predicted molar refractivity (Wildman–Crippen MR) is 133 cm³/mol. The third-order valence-electron chi connectivity index (χ3n) is 6.62. The molecule has 1 aliphatic rings. The average molecular weight is 493 g/mol. The van der Waals surface area contributed by atoms with Crippen LogP contribution >= 0.6 is 0 Å². The van der Waals surface area contributed by atoms with E-state index in [1.165, 1.54) is 6.92 Å². The molecule has 1 saturated heterocycles. The second kappa shape index (κ2) is 11.3. The molecule has 1 heterocycles. The molecule has 1 fully saturated rings. The van der Waals surface area contributed by atoms with Crippen molar-refractivity contribution in [1.29, 1.82) is 0 Å². The van der Waals surface area contributed by atoms with Gasteiger partial charge in [-0.2, -0.15) is 0 Å². The lowest BCUT2D eigenvalue weighted by molar-refractivity contribution is -0.359. The molecular weight excluding hydrogens is 460 g/mol. The summed E-state index contributed by atoms with van der Waals surface area (Å²) in [5.74, 6) is -0.713. The molecule has 7 nitrogen and oxygen atoms in total. The van der Waals surface area contributed by atoms with Crippen LogP contribution in [0.4, 0.5) is 0 Å². The van der Waals surface area contributed by atoms with Crippen LogP contribution < -0.4 is 0 Å². The van der Waals surface area contributed by atoms with Crippen LogP contribution in [0.2, 0.25) is 0 Å². The number of ether oxygens (including phenoxy) is 3. The zero-order chi connectivity index (χ0) is 25.6. The van der Waals surface area contributed by atoms with Gasteiger partial charge in [-0.05, 0) is 16.7 Å². The summed E-state index contributed by atoms with van der Waals surface area (Å²) in [7, 11) is 0. The van der Waals surface area contributed by atoms with Gasteiger partial charge in [-0.15, -0.1) is 0 Å². The Morgan fingerprint density at radius 3 is 1.78 bits per heavy atom. The molecule has 7 heteroatoms. The molecule has 0 amide bonds. The Kier molecular flexibility index (Phi) is 8.18. The monoisotopic (exact) mass is 492 g/mol. The number of aliphatic hydroxyl groups is 3. The predicted octanol–water partition coefficient (Wildman–Crippen LogP) is 2.80. The van der Waals surface area contributed by atoms with Crippen molar-refractivity contribution in [3.63, 3.8) is 0 Å². The number of carbonyl (C=O) groups is 1. The first-order valence-electron chi connectivity index (χ1n) is 12.0. The second-order valence-corrected chi connectivity index (χ2v) is 9.22. The number of esters is 1.